The minimum atomic E-state index is -0.500. The molecule has 3 rings (SSSR count). The fourth-order valence-corrected chi connectivity index (χ4v) is 3.89. The van der Waals surface area contributed by atoms with Gasteiger partial charge in [-0.1, -0.05) is 43.6 Å². The van der Waals surface area contributed by atoms with Gasteiger partial charge in [-0.25, -0.2) is 0 Å². The second-order valence-corrected chi connectivity index (χ2v) is 8.82. The Balaban J connectivity index is 1.59. The molecule has 0 radical (unpaired) electrons. The number of anilines is 2. The first-order valence-corrected chi connectivity index (χ1v) is 11.7. The Morgan fingerprint density at radius 1 is 1.09 bits per heavy atom. The number of carbonyl (C=O) groups excluding carboxylic acids is 2. The number of halogens is 1. The molecule has 7 nitrogen and oxygen atoms in total. The lowest BCUT2D eigenvalue weighted by Gasteiger charge is -2.16. The van der Waals surface area contributed by atoms with Gasteiger partial charge < -0.3 is 15.4 Å². The van der Waals surface area contributed by atoms with E-state index >= 15 is 0 Å². The Kier molecular flexibility index (Phi) is 8.34. The van der Waals surface area contributed by atoms with E-state index in [0.717, 1.165) is 23.4 Å². The van der Waals surface area contributed by atoms with Gasteiger partial charge in [0.2, 0.25) is 5.91 Å². The maximum absolute atomic E-state index is 12.7. The molecule has 0 saturated carbocycles. The number of rotatable bonds is 9. The molecule has 0 unspecified atom stereocenters. The van der Waals surface area contributed by atoms with Gasteiger partial charge in [-0.3, -0.25) is 14.3 Å². The second-order valence-electron chi connectivity index (χ2n) is 8.42. The highest BCUT2D eigenvalue weighted by molar-refractivity contribution is 6.34. The molecule has 34 heavy (non-hydrogen) atoms. The van der Waals surface area contributed by atoms with Crippen molar-refractivity contribution in [1.29, 1.82) is 0 Å². The first-order valence-electron chi connectivity index (χ1n) is 11.3. The number of para-hydroxylation sites is 1. The van der Waals surface area contributed by atoms with Crippen molar-refractivity contribution in [2.45, 2.75) is 53.0 Å². The van der Waals surface area contributed by atoms with Crippen molar-refractivity contribution >= 4 is 34.8 Å². The fraction of sp³-hybridized carbons (Fsp3) is 0.346. The van der Waals surface area contributed by atoms with Gasteiger partial charge in [0.05, 0.1) is 16.4 Å². The number of aromatic nitrogens is 2. The van der Waals surface area contributed by atoms with Crippen molar-refractivity contribution < 1.29 is 14.3 Å². The van der Waals surface area contributed by atoms with Crippen LogP contribution in [-0.2, 0) is 9.59 Å². The summed E-state index contributed by atoms with van der Waals surface area (Å²) in [6.07, 6.45) is 0.980. The predicted octanol–water partition coefficient (Wildman–Crippen LogP) is 5.88. The lowest BCUT2D eigenvalue weighted by Crippen LogP contribution is -2.25. The molecule has 1 aromatic heterocycles. The Labute approximate surface area is 205 Å². The van der Waals surface area contributed by atoms with Crippen LogP contribution in [0.2, 0.25) is 5.02 Å². The van der Waals surface area contributed by atoms with E-state index < -0.39 is 6.04 Å². The number of aryl methyl sites for hydroxylation is 2. The van der Waals surface area contributed by atoms with Crippen LogP contribution in [0.4, 0.5) is 11.4 Å². The highest BCUT2D eigenvalue weighted by atomic mass is 35.5. The average molecular weight is 483 g/mol. The molecule has 2 amide bonds. The van der Waals surface area contributed by atoms with Crippen molar-refractivity contribution in [3.05, 3.63) is 70.5 Å². The van der Waals surface area contributed by atoms with Crippen LogP contribution >= 0.6 is 11.6 Å². The number of benzene rings is 2. The number of nitrogens with one attached hydrogen (secondary N) is 2. The largest absolute Gasteiger partial charge is 0.483 e. The zero-order valence-electron chi connectivity index (χ0n) is 20.2. The Bertz CT molecular complexity index is 1170. The molecule has 0 aliphatic carbocycles. The molecule has 3 aromatic rings. The van der Waals surface area contributed by atoms with Crippen LogP contribution in [0.1, 0.15) is 56.1 Å². The van der Waals surface area contributed by atoms with E-state index in [-0.39, 0.29) is 18.4 Å². The monoisotopic (exact) mass is 482 g/mol. The van der Waals surface area contributed by atoms with Gasteiger partial charge in [0, 0.05) is 11.4 Å². The number of ether oxygens (including phenoxy) is 1. The van der Waals surface area contributed by atoms with Gasteiger partial charge >= 0.3 is 0 Å². The van der Waals surface area contributed by atoms with Gasteiger partial charge in [-0.05, 0) is 69.0 Å². The van der Waals surface area contributed by atoms with Crippen LogP contribution in [0.15, 0.2) is 48.5 Å². The molecule has 180 valence electrons. The molecular weight excluding hydrogens is 452 g/mol. The van der Waals surface area contributed by atoms with Crippen LogP contribution in [0, 0.1) is 13.8 Å². The molecule has 0 saturated heterocycles. The molecule has 0 fully saturated rings. The predicted molar refractivity (Wildman–Crippen MR) is 136 cm³/mol. The molecule has 0 aliphatic rings. The van der Waals surface area contributed by atoms with E-state index in [1.54, 1.807) is 29.8 Å². The summed E-state index contributed by atoms with van der Waals surface area (Å²) in [6, 6.07) is 14.1. The van der Waals surface area contributed by atoms with Gasteiger partial charge in [0.15, 0.2) is 6.61 Å². The molecule has 8 heteroatoms. The molecular formula is C26H31ClN4O3. The van der Waals surface area contributed by atoms with E-state index in [1.807, 2.05) is 44.2 Å². The van der Waals surface area contributed by atoms with Crippen molar-refractivity contribution in [3.8, 4) is 5.75 Å². The van der Waals surface area contributed by atoms with Crippen LogP contribution in [-0.4, -0.2) is 28.2 Å². The van der Waals surface area contributed by atoms with Crippen molar-refractivity contribution in [2.75, 3.05) is 17.2 Å². The molecule has 1 heterocycles. The molecule has 2 atom stereocenters. The summed E-state index contributed by atoms with van der Waals surface area (Å²) >= 11 is 6.37. The molecule has 2 N–H and O–H groups in total. The van der Waals surface area contributed by atoms with Crippen LogP contribution < -0.4 is 15.4 Å². The molecule has 0 bridgehead atoms. The first-order chi connectivity index (χ1) is 16.2. The van der Waals surface area contributed by atoms with Gasteiger partial charge in [-0.15, -0.1) is 0 Å². The lowest BCUT2D eigenvalue weighted by molar-refractivity contribution is -0.119. The molecule has 0 spiro atoms. The minimum absolute atomic E-state index is 0.121. The second kappa shape index (κ2) is 11.2. The summed E-state index contributed by atoms with van der Waals surface area (Å²) in [6.45, 7) is 9.68. The summed E-state index contributed by atoms with van der Waals surface area (Å²) in [5, 5.41) is 10.3. The van der Waals surface area contributed by atoms with Crippen LogP contribution in [0.25, 0.3) is 0 Å². The fourth-order valence-electron chi connectivity index (χ4n) is 3.66. The standard InChI is InChI=1S/C26H31ClN4O3/c1-6-16(2)21-9-7-8-10-24(21)34-15-25(32)28-20-11-12-23(22(27)14-20)29-26(33)19(5)31-18(4)13-17(3)30-31/h7-14,16,19H,6,15H2,1-5H3,(H,28,32)(H,29,33)/t16-,19+/m1/s1. The van der Waals surface area contributed by atoms with E-state index in [1.165, 1.54) is 0 Å². The maximum Gasteiger partial charge on any atom is 0.262 e. The molecule has 2 aromatic carbocycles. The van der Waals surface area contributed by atoms with E-state index in [4.69, 9.17) is 16.3 Å². The smallest absolute Gasteiger partial charge is 0.262 e. The topological polar surface area (TPSA) is 85.3 Å². The third kappa shape index (κ3) is 6.17. The Hall–Kier alpha value is -3.32. The van der Waals surface area contributed by atoms with Gasteiger partial charge in [-0.2, -0.15) is 5.10 Å². The van der Waals surface area contributed by atoms with Crippen LogP contribution in [0.3, 0.4) is 0 Å². The number of amides is 2. The summed E-state index contributed by atoms with van der Waals surface area (Å²) in [7, 11) is 0. The number of carbonyl (C=O) groups is 2. The Morgan fingerprint density at radius 2 is 1.82 bits per heavy atom. The van der Waals surface area contributed by atoms with Gasteiger partial charge in [0.25, 0.3) is 5.91 Å². The third-order valence-electron chi connectivity index (χ3n) is 5.72. The summed E-state index contributed by atoms with van der Waals surface area (Å²) in [5.41, 5.74) is 3.80. The zero-order chi connectivity index (χ0) is 24.8. The van der Waals surface area contributed by atoms with Gasteiger partial charge in [0.1, 0.15) is 11.8 Å². The van der Waals surface area contributed by atoms with Crippen molar-refractivity contribution in [3.63, 3.8) is 0 Å². The summed E-state index contributed by atoms with van der Waals surface area (Å²) < 4.78 is 7.44. The highest BCUT2D eigenvalue weighted by Crippen LogP contribution is 2.29. The normalized spacial score (nSPS) is 12.6. The maximum atomic E-state index is 12.7. The lowest BCUT2D eigenvalue weighted by atomic mass is 9.98. The first kappa shape index (κ1) is 25.3. The highest BCUT2D eigenvalue weighted by Gasteiger charge is 2.19. The van der Waals surface area contributed by atoms with E-state index in [0.29, 0.717) is 28.1 Å². The van der Waals surface area contributed by atoms with E-state index in [9.17, 15) is 9.59 Å². The Morgan fingerprint density at radius 3 is 2.47 bits per heavy atom. The zero-order valence-corrected chi connectivity index (χ0v) is 20.9. The SMILES string of the molecule is CC[C@@H](C)c1ccccc1OCC(=O)Nc1ccc(NC(=O)[C@H](C)n2nc(C)cc2C)c(Cl)c1. The molecule has 0 aliphatic heterocycles. The van der Waals surface area contributed by atoms with Crippen molar-refractivity contribution in [2.24, 2.45) is 0 Å². The van der Waals surface area contributed by atoms with E-state index in [2.05, 4.69) is 29.6 Å². The third-order valence-corrected chi connectivity index (χ3v) is 6.04. The summed E-state index contributed by atoms with van der Waals surface area (Å²) in [4.78, 5) is 25.1. The quantitative estimate of drug-likeness (QED) is 0.398. The minimum Gasteiger partial charge on any atom is -0.483 e. The summed E-state index contributed by atoms with van der Waals surface area (Å²) in [5.74, 6) is 0.507. The number of nitrogens with zero attached hydrogens (tertiary/aromatic N) is 2. The number of hydrogen-bond donors (Lipinski definition) is 2. The number of hydrogen-bond acceptors (Lipinski definition) is 4. The average Bonchev–Trinajstić information content (AvgIpc) is 3.16. The van der Waals surface area contributed by atoms with Crippen molar-refractivity contribution in [1.82, 2.24) is 9.78 Å². The van der Waals surface area contributed by atoms with Crippen LogP contribution in [0.5, 0.6) is 5.75 Å².